The first-order chi connectivity index (χ1) is 6.45. The number of methoxy groups -OCH3 is 1. The molecule has 14 heavy (non-hydrogen) atoms. The van der Waals surface area contributed by atoms with E-state index in [9.17, 15) is 8.78 Å². The minimum atomic E-state index is -2.80. The number of alkyl halides is 2. The topological polar surface area (TPSA) is 38.5 Å². The lowest BCUT2D eigenvalue weighted by Gasteiger charge is -2.27. The van der Waals surface area contributed by atoms with Crippen LogP contribution in [0.5, 0.6) is 0 Å². The molecule has 86 valence electrons. The van der Waals surface area contributed by atoms with E-state index in [1.165, 1.54) is 0 Å². The van der Waals surface area contributed by atoms with Gasteiger partial charge in [0.25, 0.3) is 5.92 Å². The number of ether oxygens (including phenoxy) is 1. The summed E-state index contributed by atoms with van der Waals surface area (Å²) in [5.41, 5.74) is 4.96. The van der Waals surface area contributed by atoms with Crippen molar-refractivity contribution >= 4 is 0 Å². The highest BCUT2D eigenvalue weighted by Crippen LogP contribution is 2.13. The van der Waals surface area contributed by atoms with Crippen molar-refractivity contribution in [2.45, 2.75) is 25.9 Å². The summed E-state index contributed by atoms with van der Waals surface area (Å²) < 4.78 is 30.9. The molecule has 3 nitrogen and oxygen atoms in total. The van der Waals surface area contributed by atoms with Crippen molar-refractivity contribution in [2.24, 2.45) is 5.73 Å². The van der Waals surface area contributed by atoms with Gasteiger partial charge in [-0.3, -0.25) is 4.90 Å². The van der Waals surface area contributed by atoms with Crippen molar-refractivity contribution in [2.75, 3.05) is 33.3 Å². The van der Waals surface area contributed by atoms with E-state index in [1.807, 2.05) is 13.8 Å². The first-order valence-electron chi connectivity index (χ1n) is 4.78. The fourth-order valence-corrected chi connectivity index (χ4v) is 1.14. The van der Waals surface area contributed by atoms with Crippen LogP contribution in [0, 0.1) is 0 Å². The SMILES string of the molecule is CCN(CC(C)OC)CC(F)(F)CN. The number of hydrogen-bond acceptors (Lipinski definition) is 3. The van der Waals surface area contributed by atoms with E-state index in [0.717, 1.165) is 0 Å². The summed E-state index contributed by atoms with van der Waals surface area (Å²) in [5.74, 6) is -2.80. The Morgan fingerprint density at radius 2 is 2.07 bits per heavy atom. The predicted molar refractivity (Wildman–Crippen MR) is 52.6 cm³/mol. The molecule has 0 aliphatic rings. The van der Waals surface area contributed by atoms with Crippen molar-refractivity contribution in [3.05, 3.63) is 0 Å². The Hall–Kier alpha value is -0.260. The Balaban J connectivity index is 4.02. The Morgan fingerprint density at radius 3 is 2.43 bits per heavy atom. The van der Waals surface area contributed by atoms with Crippen molar-refractivity contribution in [1.29, 1.82) is 0 Å². The summed E-state index contributed by atoms with van der Waals surface area (Å²) in [5, 5.41) is 0. The van der Waals surface area contributed by atoms with Gasteiger partial charge in [0, 0.05) is 13.7 Å². The third-order valence-electron chi connectivity index (χ3n) is 2.12. The third kappa shape index (κ3) is 5.47. The van der Waals surface area contributed by atoms with E-state index in [-0.39, 0.29) is 12.6 Å². The summed E-state index contributed by atoms with van der Waals surface area (Å²) in [7, 11) is 1.57. The molecular weight excluding hydrogens is 190 g/mol. The van der Waals surface area contributed by atoms with Crippen LogP contribution >= 0.6 is 0 Å². The molecule has 0 aliphatic heterocycles. The fraction of sp³-hybridized carbons (Fsp3) is 1.00. The van der Waals surface area contributed by atoms with Crippen LogP contribution in [0.1, 0.15) is 13.8 Å². The first kappa shape index (κ1) is 13.7. The monoisotopic (exact) mass is 210 g/mol. The second kappa shape index (κ2) is 6.27. The molecule has 0 spiro atoms. The average Bonchev–Trinajstić information content (AvgIpc) is 2.16. The molecule has 0 radical (unpaired) electrons. The molecule has 0 bridgehead atoms. The maximum Gasteiger partial charge on any atom is 0.272 e. The molecule has 0 aromatic carbocycles. The molecule has 2 N–H and O–H groups in total. The minimum absolute atomic E-state index is 0.0384. The van der Waals surface area contributed by atoms with Crippen molar-refractivity contribution < 1.29 is 13.5 Å². The lowest BCUT2D eigenvalue weighted by atomic mass is 10.2. The van der Waals surface area contributed by atoms with Gasteiger partial charge in [-0.05, 0) is 13.5 Å². The van der Waals surface area contributed by atoms with Gasteiger partial charge >= 0.3 is 0 Å². The molecule has 0 amide bonds. The second-order valence-electron chi connectivity index (χ2n) is 3.43. The molecule has 0 aliphatic carbocycles. The van der Waals surface area contributed by atoms with Gasteiger partial charge in [-0.25, -0.2) is 8.78 Å². The summed E-state index contributed by atoms with van der Waals surface area (Å²) in [6.07, 6.45) is -0.0384. The van der Waals surface area contributed by atoms with Crippen LogP contribution < -0.4 is 5.73 Å². The van der Waals surface area contributed by atoms with Crippen LogP contribution in [0.2, 0.25) is 0 Å². The van der Waals surface area contributed by atoms with Gasteiger partial charge in [-0.15, -0.1) is 0 Å². The summed E-state index contributed by atoms with van der Waals surface area (Å²) >= 11 is 0. The number of nitrogens with zero attached hydrogens (tertiary/aromatic N) is 1. The molecule has 0 aromatic rings. The van der Waals surface area contributed by atoms with Crippen molar-refractivity contribution in [3.8, 4) is 0 Å². The van der Waals surface area contributed by atoms with Crippen molar-refractivity contribution in [1.82, 2.24) is 4.90 Å². The predicted octanol–water partition coefficient (Wildman–Crippen LogP) is 0.937. The molecule has 0 heterocycles. The standard InChI is InChI=1S/C9H20F2N2O/c1-4-13(5-8(2)14-3)7-9(10,11)6-12/h8H,4-7,12H2,1-3H3. The Bertz CT molecular complexity index is 156. The molecular formula is C9H20F2N2O. The number of nitrogens with two attached hydrogens (primary N) is 1. The molecule has 5 heteroatoms. The van der Waals surface area contributed by atoms with Gasteiger partial charge in [0.05, 0.1) is 19.2 Å². The molecule has 0 fully saturated rings. The minimum Gasteiger partial charge on any atom is -0.380 e. The number of halogens is 2. The summed E-state index contributed by atoms with van der Waals surface area (Å²) in [4.78, 5) is 1.64. The zero-order valence-corrected chi connectivity index (χ0v) is 9.09. The van der Waals surface area contributed by atoms with Crippen LogP contribution in [-0.4, -0.2) is 50.2 Å². The Kier molecular flexibility index (Phi) is 6.15. The van der Waals surface area contributed by atoms with E-state index in [4.69, 9.17) is 10.5 Å². The van der Waals surface area contributed by atoms with Gasteiger partial charge in [-0.2, -0.15) is 0 Å². The maximum atomic E-state index is 12.9. The van der Waals surface area contributed by atoms with Crippen LogP contribution in [0.3, 0.4) is 0 Å². The van der Waals surface area contributed by atoms with E-state index in [2.05, 4.69) is 0 Å². The zero-order valence-electron chi connectivity index (χ0n) is 9.09. The first-order valence-corrected chi connectivity index (χ1v) is 4.78. The quantitative estimate of drug-likeness (QED) is 0.679. The summed E-state index contributed by atoms with van der Waals surface area (Å²) in [6.45, 7) is 3.86. The lowest BCUT2D eigenvalue weighted by Crippen LogP contribution is -2.44. The van der Waals surface area contributed by atoms with Crippen LogP contribution in [-0.2, 0) is 4.74 Å². The molecule has 0 rings (SSSR count). The normalized spacial score (nSPS) is 14.8. The van der Waals surface area contributed by atoms with E-state index < -0.39 is 12.5 Å². The fourth-order valence-electron chi connectivity index (χ4n) is 1.14. The van der Waals surface area contributed by atoms with E-state index >= 15 is 0 Å². The van der Waals surface area contributed by atoms with Gasteiger partial charge in [-0.1, -0.05) is 6.92 Å². The van der Waals surface area contributed by atoms with Crippen LogP contribution in [0.4, 0.5) is 8.78 Å². The average molecular weight is 210 g/mol. The number of hydrogen-bond donors (Lipinski definition) is 1. The number of rotatable bonds is 7. The zero-order chi connectivity index (χ0) is 11.2. The highest BCUT2D eigenvalue weighted by atomic mass is 19.3. The molecule has 1 unspecified atom stereocenters. The largest absolute Gasteiger partial charge is 0.380 e. The van der Waals surface area contributed by atoms with Gasteiger partial charge in [0.2, 0.25) is 0 Å². The van der Waals surface area contributed by atoms with Crippen LogP contribution in [0.15, 0.2) is 0 Å². The molecule has 0 aromatic heterocycles. The third-order valence-corrected chi connectivity index (χ3v) is 2.12. The highest BCUT2D eigenvalue weighted by molar-refractivity contribution is 4.73. The maximum absolute atomic E-state index is 12.9. The molecule has 0 saturated heterocycles. The Morgan fingerprint density at radius 1 is 1.50 bits per heavy atom. The van der Waals surface area contributed by atoms with Crippen LogP contribution in [0.25, 0.3) is 0 Å². The van der Waals surface area contributed by atoms with E-state index in [1.54, 1.807) is 12.0 Å². The molecule has 0 saturated carbocycles. The Labute approximate surface area is 84.2 Å². The lowest BCUT2D eigenvalue weighted by molar-refractivity contribution is -0.0333. The van der Waals surface area contributed by atoms with Gasteiger partial charge in [0.1, 0.15) is 0 Å². The molecule has 1 atom stereocenters. The van der Waals surface area contributed by atoms with Crippen molar-refractivity contribution in [3.63, 3.8) is 0 Å². The highest BCUT2D eigenvalue weighted by Gasteiger charge is 2.29. The second-order valence-corrected chi connectivity index (χ2v) is 3.43. The summed E-state index contributed by atoms with van der Waals surface area (Å²) in [6, 6.07) is 0. The van der Waals surface area contributed by atoms with Gasteiger partial charge < -0.3 is 10.5 Å². The smallest absolute Gasteiger partial charge is 0.272 e. The van der Waals surface area contributed by atoms with E-state index in [0.29, 0.717) is 13.1 Å². The van der Waals surface area contributed by atoms with Gasteiger partial charge in [0.15, 0.2) is 0 Å². The number of likely N-dealkylation sites (N-methyl/N-ethyl adjacent to an activating group) is 1.